The van der Waals surface area contributed by atoms with E-state index in [9.17, 15) is 9.59 Å². The van der Waals surface area contributed by atoms with E-state index in [0.29, 0.717) is 11.1 Å². The molecule has 0 fully saturated rings. The highest BCUT2D eigenvalue weighted by Gasteiger charge is 2.26. The molecule has 0 saturated heterocycles. The Labute approximate surface area is 148 Å². The number of benzene rings is 3. The summed E-state index contributed by atoms with van der Waals surface area (Å²) in [6, 6.07) is 26.1. The first-order valence-corrected chi connectivity index (χ1v) is 8.40. The molecule has 0 amide bonds. The lowest BCUT2D eigenvalue weighted by molar-refractivity contribution is 0.0893. The van der Waals surface area contributed by atoms with Gasteiger partial charge in [0, 0.05) is 17.5 Å². The number of carbonyl (C=O) groups excluding carboxylic acids is 2. The smallest absolute Gasteiger partial charge is 0.170 e. The van der Waals surface area contributed by atoms with Crippen LogP contribution in [0.15, 0.2) is 84.9 Å². The van der Waals surface area contributed by atoms with E-state index in [2.05, 4.69) is 0 Å². The van der Waals surface area contributed by atoms with E-state index in [0.717, 1.165) is 11.1 Å². The van der Waals surface area contributed by atoms with Crippen LogP contribution in [0.5, 0.6) is 0 Å². The SMILES string of the molecule is Cc1ccccc1C(CC(=O)c1ccccc1)C(=O)c1ccccc1. The molecule has 0 bridgehead atoms. The Morgan fingerprint density at radius 1 is 0.720 bits per heavy atom. The lowest BCUT2D eigenvalue weighted by Crippen LogP contribution is -2.18. The maximum absolute atomic E-state index is 13.1. The monoisotopic (exact) mass is 328 g/mol. The molecule has 0 saturated carbocycles. The lowest BCUT2D eigenvalue weighted by atomic mass is 9.83. The molecule has 0 heterocycles. The van der Waals surface area contributed by atoms with Crippen LogP contribution in [0.4, 0.5) is 0 Å². The van der Waals surface area contributed by atoms with Crippen molar-refractivity contribution in [1.82, 2.24) is 0 Å². The first-order valence-electron chi connectivity index (χ1n) is 8.40. The van der Waals surface area contributed by atoms with E-state index in [1.54, 1.807) is 24.3 Å². The molecule has 0 aromatic heterocycles. The van der Waals surface area contributed by atoms with Gasteiger partial charge in [0.05, 0.1) is 5.92 Å². The molecule has 2 nitrogen and oxygen atoms in total. The molecule has 3 aromatic rings. The van der Waals surface area contributed by atoms with E-state index < -0.39 is 5.92 Å². The predicted molar refractivity (Wildman–Crippen MR) is 100 cm³/mol. The molecule has 0 radical (unpaired) electrons. The molecule has 0 spiro atoms. The Hall–Kier alpha value is -3.00. The van der Waals surface area contributed by atoms with Gasteiger partial charge in [-0.15, -0.1) is 0 Å². The summed E-state index contributed by atoms with van der Waals surface area (Å²) in [6.45, 7) is 1.98. The van der Waals surface area contributed by atoms with Crippen LogP contribution < -0.4 is 0 Å². The summed E-state index contributed by atoms with van der Waals surface area (Å²) in [5.74, 6) is -0.506. The van der Waals surface area contributed by atoms with Gasteiger partial charge in [-0.3, -0.25) is 9.59 Å². The molecular formula is C23H20O2. The summed E-state index contributed by atoms with van der Waals surface area (Å²) in [7, 11) is 0. The fourth-order valence-electron chi connectivity index (χ4n) is 3.05. The molecule has 0 N–H and O–H groups in total. The van der Waals surface area contributed by atoms with Gasteiger partial charge in [0.2, 0.25) is 0 Å². The van der Waals surface area contributed by atoms with Gasteiger partial charge >= 0.3 is 0 Å². The van der Waals surface area contributed by atoms with Gasteiger partial charge in [-0.05, 0) is 18.1 Å². The van der Waals surface area contributed by atoms with E-state index in [4.69, 9.17) is 0 Å². The minimum Gasteiger partial charge on any atom is -0.294 e. The average Bonchev–Trinajstić information content (AvgIpc) is 2.67. The number of Topliss-reactive ketones (excluding diaryl/α,β-unsaturated/α-hetero) is 2. The Morgan fingerprint density at radius 3 is 1.84 bits per heavy atom. The Morgan fingerprint density at radius 2 is 1.24 bits per heavy atom. The highest BCUT2D eigenvalue weighted by Crippen LogP contribution is 2.28. The number of carbonyl (C=O) groups is 2. The molecule has 0 aliphatic rings. The number of aryl methyl sites for hydroxylation is 1. The second kappa shape index (κ2) is 7.71. The van der Waals surface area contributed by atoms with E-state index >= 15 is 0 Å². The van der Waals surface area contributed by atoms with Crippen molar-refractivity contribution in [3.05, 3.63) is 107 Å². The topological polar surface area (TPSA) is 34.1 Å². The molecule has 0 aliphatic heterocycles. The predicted octanol–water partition coefficient (Wildman–Crippen LogP) is 5.23. The standard InChI is InChI=1S/C23H20O2/c1-17-10-8-9-15-20(17)21(23(25)19-13-6-3-7-14-19)16-22(24)18-11-4-2-5-12-18/h2-15,21H,16H2,1H3. The second-order valence-corrected chi connectivity index (χ2v) is 6.13. The van der Waals surface area contributed by atoms with Gasteiger partial charge in [-0.2, -0.15) is 0 Å². The maximum Gasteiger partial charge on any atom is 0.170 e. The number of rotatable bonds is 6. The van der Waals surface area contributed by atoms with Crippen LogP contribution in [-0.4, -0.2) is 11.6 Å². The van der Waals surface area contributed by atoms with Crippen molar-refractivity contribution in [2.45, 2.75) is 19.3 Å². The first kappa shape index (κ1) is 16.8. The van der Waals surface area contributed by atoms with Crippen molar-refractivity contribution in [3.8, 4) is 0 Å². The summed E-state index contributed by atoms with van der Waals surface area (Å²) in [5, 5.41) is 0. The molecule has 124 valence electrons. The highest BCUT2D eigenvalue weighted by molar-refractivity contribution is 6.06. The quantitative estimate of drug-likeness (QED) is 0.580. The van der Waals surface area contributed by atoms with Crippen molar-refractivity contribution < 1.29 is 9.59 Å². The average molecular weight is 328 g/mol. The molecule has 1 atom stereocenters. The lowest BCUT2D eigenvalue weighted by Gasteiger charge is -2.18. The highest BCUT2D eigenvalue weighted by atomic mass is 16.1. The summed E-state index contributed by atoms with van der Waals surface area (Å²) < 4.78 is 0. The minimum atomic E-state index is -0.476. The van der Waals surface area contributed by atoms with Crippen molar-refractivity contribution in [2.75, 3.05) is 0 Å². The summed E-state index contributed by atoms with van der Waals surface area (Å²) in [6.07, 6.45) is 0.169. The zero-order valence-electron chi connectivity index (χ0n) is 14.2. The molecule has 0 aliphatic carbocycles. The van der Waals surface area contributed by atoms with E-state index in [1.165, 1.54) is 0 Å². The zero-order valence-corrected chi connectivity index (χ0v) is 14.2. The van der Waals surface area contributed by atoms with Crippen molar-refractivity contribution in [3.63, 3.8) is 0 Å². The molecule has 1 unspecified atom stereocenters. The van der Waals surface area contributed by atoms with Gasteiger partial charge in [0.1, 0.15) is 0 Å². The van der Waals surface area contributed by atoms with Crippen molar-refractivity contribution in [2.24, 2.45) is 0 Å². The number of ketones is 2. The summed E-state index contributed by atoms with van der Waals surface area (Å²) >= 11 is 0. The Kier molecular flexibility index (Phi) is 5.20. The molecule has 25 heavy (non-hydrogen) atoms. The fraction of sp³-hybridized carbons (Fsp3) is 0.130. The molecular weight excluding hydrogens is 308 g/mol. The Bertz CT molecular complexity index is 867. The third-order valence-electron chi connectivity index (χ3n) is 4.42. The van der Waals surface area contributed by atoms with Gasteiger partial charge in [0.25, 0.3) is 0 Å². The molecule has 3 rings (SSSR count). The van der Waals surface area contributed by atoms with Crippen LogP contribution in [0, 0.1) is 6.92 Å². The summed E-state index contributed by atoms with van der Waals surface area (Å²) in [4.78, 5) is 25.8. The summed E-state index contributed by atoms with van der Waals surface area (Å²) in [5.41, 5.74) is 3.22. The molecule has 3 aromatic carbocycles. The second-order valence-electron chi connectivity index (χ2n) is 6.13. The largest absolute Gasteiger partial charge is 0.294 e. The van der Waals surface area contributed by atoms with E-state index in [1.807, 2.05) is 67.6 Å². The van der Waals surface area contributed by atoms with E-state index in [-0.39, 0.29) is 18.0 Å². The third-order valence-corrected chi connectivity index (χ3v) is 4.42. The first-order chi connectivity index (χ1) is 12.2. The molecule has 2 heteroatoms. The minimum absolute atomic E-state index is 0.0146. The van der Waals surface area contributed by atoms with Crippen LogP contribution in [0.25, 0.3) is 0 Å². The van der Waals surface area contributed by atoms with Crippen LogP contribution in [0.3, 0.4) is 0 Å². The zero-order chi connectivity index (χ0) is 17.6. The van der Waals surface area contributed by atoms with Gasteiger partial charge in [0.15, 0.2) is 11.6 Å². The van der Waals surface area contributed by atoms with Crippen molar-refractivity contribution >= 4 is 11.6 Å². The maximum atomic E-state index is 13.1. The normalized spacial score (nSPS) is 11.7. The van der Waals surface area contributed by atoms with Crippen molar-refractivity contribution in [1.29, 1.82) is 0 Å². The van der Waals surface area contributed by atoms with Crippen LogP contribution in [-0.2, 0) is 0 Å². The van der Waals surface area contributed by atoms with Gasteiger partial charge < -0.3 is 0 Å². The van der Waals surface area contributed by atoms with Crippen LogP contribution >= 0.6 is 0 Å². The van der Waals surface area contributed by atoms with Gasteiger partial charge in [-0.25, -0.2) is 0 Å². The third kappa shape index (κ3) is 3.92. The van der Waals surface area contributed by atoms with Crippen LogP contribution in [0.1, 0.15) is 44.2 Å². The van der Waals surface area contributed by atoms with Crippen LogP contribution in [0.2, 0.25) is 0 Å². The Balaban J connectivity index is 1.96. The number of hydrogen-bond donors (Lipinski definition) is 0. The van der Waals surface area contributed by atoms with Gasteiger partial charge in [-0.1, -0.05) is 84.9 Å². The fourth-order valence-corrected chi connectivity index (χ4v) is 3.05. The number of hydrogen-bond acceptors (Lipinski definition) is 2.